The van der Waals surface area contributed by atoms with Crippen LogP contribution in [0.5, 0.6) is 5.75 Å². The Morgan fingerprint density at radius 1 is 1.08 bits per heavy atom. The van der Waals surface area contributed by atoms with Gasteiger partial charge in [0.15, 0.2) is 0 Å². The second kappa shape index (κ2) is 8.14. The Morgan fingerprint density at radius 3 is 2.28 bits per heavy atom. The number of amides is 1. The van der Waals surface area contributed by atoms with Gasteiger partial charge >= 0.3 is 0 Å². The fourth-order valence-corrected chi connectivity index (χ4v) is 3.24. The molecule has 132 valence electrons. The molecule has 0 aliphatic carbocycles. The van der Waals surface area contributed by atoms with Crippen molar-refractivity contribution in [2.24, 2.45) is 0 Å². The van der Waals surface area contributed by atoms with Gasteiger partial charge in [-0.3, -0.25) is 10.0 Å². The number of nitrogens with one attached hydrogen (secondary N) is 1. The molecular weight excluding hydrogens is 316 g/mol. The SMILES string of the molecule is CN1CCC(Oc2ccc(C(C(=O)NO)c3ccccc3)cc2)CC1. The summed E-state index contributed by atoms with van der Waals surface area (Å²) in [7, 11) is 2.13. The predicted molar refractivity (Wildman–Crippen MR) is 95.8 cm³/mol. The molecule has 1 atom stereocenters. The molecule has 2 aromatic rings. The maximum absolute atomic E-state index is 12.1. The first-order valence-electron chi connectivity index (χ1n) is 8.61. The summed E-state index contributed by atoms with van der Waals surface area (Å²) in [6.07, 6.45) is 2.29. The van der Waals surface area contributed by atoms with Crippen molar-refractivity contribution in [2.75, 3.05) is 20.1 Å². The number of piperidine rings is 1. The van der Waals surface area contributed by atoms with E-state index in [1.165, 1.54) is 0 Å². The van der Waals surface area contributed by atoms with Crippen molar-refractivity contribution in [1.82, 2.24) is 10.4 Å². The summed E-state index contributed by atoms with van der Waals surface area (Å²) in [6.45, 7) is 2.10. The molecule has 1 aliphatic rings. The molecule has 0 aromatic heterocycles. The molecule has 5 nitrogen and oxygen atoms in total. The molecular formula is C20H24N2O3. The van der Waals surface area contributed by atoms with E-state index >= 15 is 0 Å². The first kappa shape index (κ1) is 17.5. The molecule has 3 rings (SSSR count). The topological polar surface area (TPSA) is 61.8 Å². The Kier molecular flexibility index (Phi) is 5.68. The third-order valence-electron chi connectivity index (χ3n) is 4.69. The summed E-state index contributed by atoms with van der Waals surface area (Å²) in [5, 5.41) is 9.09. The highest BCUT2D eigenvalue weighted by atomic mass is 16.5. The van der Waals surface area contributed by atoms with Gasteiger partial charge in [0.25, 0.3) is 5.91 Å². The van der Waals surface area contributed by atoms with Crippen molar-refractivity contribution in [3.8, 4) is 5.75 Å². The van der Waals surface area contributed by atoms with Gasteiger partial charge in [-0.2, -0.15) is 0 Å². The van der Waals surface area contributed by atoms with E-state index in [2.05, 4.69) is 11.9 Å². The van der Waals surface area contributed by atoms with E-state index in [4.69, 9.17) is 9.94 Å². The summed E-state index contributed by atoms with van der Waals surface area (Å²) in [6, 6.07) is 17.0. The van der Waals surface area contributed by atoms with Crippen LogP contribution < -0.4 is 10.2 Å². The van der Waals surface area contributed by atoms with Gasteiger partial charge in [0.2, 0.25) is 0 Å². The van der Waals surface area contributed by atoms with Crippen LogP contribution in [-0.2, 0) is 4.79 Å². The van der Waals surface area contributed by atoms with Crippen molar-refractivity contribution in [2.45, 2.75) is 24.9 Å². The highest BCUT2D eigenvalue weighted by molar-refractivity contribution is 5.86. The van der Waals surface area contributed by atoms with Gasteiger partial charge in [-0.25, -0.2) is 5.48 Å². The van der Waals surface area contributed by atoms with Crippen LogP contribution in [0.25, 0.3) is 0 Å². The molecule has 1 aliphatic heterocycles. The molecule has 0 saturated carbocycles. The van der Waals surface area contributed by atoms with Crippen molar-refractivity contribution in [1.29, 1.82) is 0 Å². The lowest BCUT2D eigenvalue weighted by atomic mass is 9.90. The highest BCUT2D eigenvalue weighted by Crippen LogP contribution is 2.27. The smallest absolute Gasteiger partial charge is 0.255 e. The van der Waals surface area contributed by atoms with Crippen LogP contribution >= 0.6 is 0 Å². The lowest BCUT2D eigenvalue weighted by molar-refractivity contribution is -0.129. The number of nitrogens with zero attached hydrogens (tertiary/aromatic N) is 1. The van der Waals surface area contributed by atoms with Crippen LogP contribution in [0.2, 0.25) is 0 Å². The van der Waals surface area contributed by atoms with Crippen LogP contribution in [0.15, 0.2) is 54.6 Å². The normalized spacial score (nSPS) is 17.0. The number of hydroxylamine groups is 1. The van der Waals surface area contributed by atoms with Gasteiger partial charge in [-0.1, -0.05) is 42.5 Å². The Balaban J connectivity index is 1.74. The van der Waals surface area contributed by atoms with Gasteiger partial charge in [0, 0.05) is 13.1 Å². The van der Waals surface area contributed by atoms with Crippen LogP contribution in [0.4, 0.5) is 0 Å². The first-order chi connectivity index (χ1) is 12.2. The average molecular weight is 340 g/mol. The molecule has 1 unspecified atom stereocenters. The van der Waals surface area contributed by atoms with E-state index in [0.29, 0.717) is 0 Å². The van der Waals surface area contributed by atoms with Gasteiger partial charge < -0.3 is 9.64 Å². The van der Waals surface area contributed by atoms with E-state index in [-0.39, 0.29) is 6.10 Å². The Labute approximate surface area is 148 Å². The molecule has 1 fully saturated rings. The van der Waals surface area contributed by atoms with Gasteiger partial charge in [0.05, 0.1) is 5.92 Å². The number of rotatable bonds is 5. The zero-order valence-corrected chi connectivity index (χ0v) is 14.4. The third kappa shape index (κ3) is 4.38. The zero-order chi connectivity index (χ0) is 17.6. The fourth-order valence-electron chi connectivity index (χ4n) is 3.24. The van der Waals surface area contributed by atoms with Crippen LogP contribution in [-0.4, -0.2) is 42.3 Å². The average Bonchev–Trinajstić information content (AvgIpc) is 2.66. The van der Waals surface area contributed by atoms with Crippen molar-refractivity contribution >= 4 is 5.91 Å². The molecule has 0 radical (unpaired) electrons. The summed E-state index contributed by atoms with van der Waals surface area (Å²) in [5.74, 6) is -0.187. The molecule has 2 N–H and O–H groups in total. The minimum absolute atomic E-state index is 0.243. The lowest BCUT2D eigenvalue weighted by Crippen LogP contribution is -2.35. The van der Waals surface area contributed by atoms with Crippen LogP contribution in [0.3, 0.4) is 0 Å². The molecule has 0 bridgehead atoms. The number of carbonyl (C=O) groups excluding carboxylic acids is 1. The summed E-state index contributed by atoms with van der Waals surface area (Å²) in [4.78, 5) is 14.5. The third-order valence-corrected chi connectivity index (χ3v) is 4.69. The van der Waals surface area contributed by atoms with E-state index in [9.17, 15) is 4.79 Å². The van der Waals surface area contributed by atoms with E-state index in [0.717, 1.165) is 42.8 Å². The van der Waals surface area contributed by atoms with E-state index < -0.39 is 11.8 Å². The number of carbonyl (C=O) groups is 1. The van der Waals surface area contributed by atoms with Crippen molar-refractivity contribution < 1.29 is 14.7 Å². The fraction of sp³-hybridized carbons (Fsp3) is 0.350. The second-order valence-corrected chi connectivity index (χ2v) is 6.51. The quantitative estimate of drug-likeness (QED) is 0.649. The molecule has 5 heteroatoms. The number of hydrogen-bond donors (Lipinski definition) is 2. The summed E-state index contributed by atoms with van der Waals surface area (Å²) in [5.41, 5.74) is 3.42. The predicted octanol–water partition coefficient (Wildman–Crippen LogP) is 2.80. The molecule has 2 aromatic carbocycles. The zero-order valence-electron chi connectivity index (χ0n) is 14.4. The monoisotopic (exact) mass is 340 g/mol. The molecule has 1 saturated heterocycles. The number of hydrogen-bond acceptors (Lipinski definition) is 4. The molecule has 0 spiro atoms. The molecule has 25 heavy (non-hydrogen) atoms. The Hall–Kier alpha value is -2.37. The largest absolute Gasteiger partial charge is 0.490 e. The standard InChI is InChI=1S/C20H24N2O3/c1-22-13-11-18(12-14-22)25-17-9-7-16(8-10-17)19(20(23)21-24)15-5-3-2-4-6-15/h2-10,18-19,24H,11-14H2,1H3,(H,21,23). The first-order valence-corrected chi connectivity index (χ1v) is 8.61. The summed E-state index contributed by atoms with van der Waals surface area (Å²) < 4.78 is 6.05. The maximum Gasteiger partial charge on any atom is 0.255 e. The lowest BCUT2D eigenvalue weighted by Gasteiger charge is -2.29. The minimum Gasteiger partial charge on any atom is -0.490 e. The van der Waals surface area contributed by atoms with Crippen molar-refractivity contribution in [3.63, 3.8) is 0 Å². The van der Waals surface area contributed by atoms with Gasteiger partial charge in [-0.15, -0.1) is 0 Å². The Morgan fingerprint density at radius 2 is 1.68 bits per heavy atom. The number of likely N-dealkylation sites (tertiary alicyclic amines) is 1. The highest BCUT2D eigenvalue weighted by Gasteiger charge is 2.23. The van der Waals surface area contributed by atoms with Crippen LogP contribution in [0, 0.1) is 0 Å². The molecule has 1 heterocycles. The molecule has 1 amide bonds. The van der Waals surface area contributed by atoms with Crippen LogP contribution in [0.1, 0.15) is 29.9 Å². The maximum atomic E-state index is 12.1. The van der Waals surface area contributed by atoms with Gasteiger partial charge in [0.1, 0.15) is 11.9 Å². The minimum atomic E-state index is -0.552. The Bertz CT molecular complexity index is 680. The number of ether oxygens (including phenoxy) is 1. The second-order valence-electron chi connectivity index (χ2n) is 6.51. The van der Waals surface area contributed by atoms with Crippen molar-refractivity contribution in [3.05, 3.63) is 65.7 Å². The van der Waals surface area contributed by atoms with E-state index in [1.54, 1.807) is 5.48 Å². The van der Waals surface area contributed by atoms with Gasteiger partial charge in [-0.05, 0) is 43.1 Å². The number of benzene rings is 2. The summed E-state index contributed by atoms with van der Waals surface area (Å²) >= 11 is 0. The van der Waals surface area contributed by atoms with E-state index in [1.807, 2.05) is 54.6 Å².